The molecule has 0 aliphatic carbocycles. The fraction of sp³-hybridized carbons (Fsp3) is 0.278. The Morgan fingerprint density at radius 3 is 2.48 bits per heavy atom. The van der Waals surface area contributed by atoms with Crippen molar-refractivity contribution < 1.29 is 4.79 Å². The molecule has 2 aromatic carbocycles. The number of rotatable bonds is 3. The van der Waals surface area contributed by atoms with Crippen LogP contribution in [0.15, 0.2) is 54.6 Å². The summed E-state index contributed by atoms with van der Waals surface area (Å²) in [6, 6.07) is 18.4. The summed E-state index contributed by atoms with van der Waals surface area (Å²) in [5.41, 5.74) is 2.52. The van der Waals surface area contributed by atoms with Gasteiger partial charge in [-0.3, -0.25) is 0 Å². The van der Waals surface area contributed by atoms with Crippen molar-refractivity contribution in [2.75, 3.05) is 6.54 Å². The maximum absolute atomic E-state index is 11.2. The summed E-state index contributed by atoms with van der Waals surface area (Å²) >= 11 is 6.14. The highest BCUT2D eigenvalue weighted by atomic mass is 35.5. The van der Waals surface area contributed by atoms with Crippen molar-refractivity contribution in [3.05, 3.63) is 70.7 Å². The maximum Gasteiger partial charge on any atom is 0.136 e. The van der Waals surface area contributed by atoms with Crippen molar-refractivity contribution in [3.8, 4) is 0 Å². The number of benzene rings is 2. The molecule has 108 valence electrons. The molecule has 2 aromatic rings. The zero-order valence-corrected chi connectivity index (χ0v) is 12.5. The van der Waals surface area contributed by atoms with Gasteiger partial charge >= 0.3 is 0 Å². The number of nitrogens with one attached hydrogen (secondary N) is 1. The van der Waals surface area contributed by atoms with E-state index in [1.807, 2.05) is 24.3 Å². The maximum atomic E-state index is 11.2. The van der Waals surface area contributed by atoms with E-state index in [4.69, 9.17) is 11.6 Å². The van der Waals surface area contributed by atoms with Gasteiger partial charge in [0.05, 0.1) is 6.04 Å². The predicted molar refractivity (Wildman–Crippen MR) is 85.8 cm³/mol. The Balaban J connectivity index is 1.95. The summed E-state index contributed by atoms with van der Waals surface area (Å²) in [5.74, 6) is 0.670. The van der Waals surface area contributed by atoms with E-state index in [0.717, 1.165) is 24.3 Å². The van der Waals surface area contributed by atoms with Crippen molar-refractivity contribution in [2.24, 2.45) is 0 Å². The normalized spacial score (nSPS) is 25.5. The molecule has 0 bridgehead atoms. The summed E-state index contributed by atoms with van der Waals surface area (Å²) in [6.07, 6.45) is 1.84. The molecule has 0 radical (unpaired) electrons. The van der Waals surface area contributed by atoms with E-state index in [2.05, 4.69) is 35.6 Å². The summed E-state index contributed by atoms with van der Waals surface area (Å²) < 4.78 is 0. The first-order valence-corrected chi connectivity index (χ1v) is 7.65. The molecule has 0 amide bonds. The average Bonchev–Trinajstić information content (AvgIpc) is 2.55. The zero-order chi connectivity index (χ0) is 14.7. The number of aldehydes is 1. The standard InChI is InChI=1S/C18H18ClNO/c19-15-8-4-7-14(9-15)18-11-20-16(12-21)10-17(18)13-5-2-1-3-6-13/h1-9,12,16-18,20H,10-11H2. The number of hydrogen-bond acceptors (Lipinski definition) is 2. The Morgan fingerprint density at radius 2 is 1.76 bits per heavy atom. The highest BCUT2D eigenvalue weighted by Gasteiger charge is 2.32. The third-order valence-corrected chi connectivity index (χ3v) is 4.50. The van der Waals surface area contributed by atoms with Gasteiger partial charge in [0, 0.05) is 17.5 Å². The van der Waals surface area contributed by atoms with Crippen LogP contribution in [-0.4, -0.2) is 18.9 Å². The molecular weight excluding hydrogens is 282 g/mol. The fourth-order valence-corrected chi connectivity index (χ4v) is 3.40. The smallest absolute Gasteiger partial charge is 0.136 e. The number of piperidine rings is 1. The Hall–Kier alpha value is -1.64. The molecular formula is C18H18ClNO. The van der Waals surface area contributed by atoms with Crippen LogP contribution in [0.5, 0.6) is 0 Å². The van der Waals surface area contributed by atoms with E-state index in [-0.39, 0.29) is 6.04 Å². The molecule has 1 heterocycles. The second-order valence-corrected chi connectivity index (χ2v) is 6.00. The van der Waals surface area contributed by atoms with Crippen LogP contribution in [0.3, 0.4) is 0 Å². The van der Waals surface area contributed by atoms with Gasteiger partial charge in [-0.15, -0.1) is 0 Å². The minimum absolute atomic E-state index is 0.0642. The van der Waals surface area contributed by atoms with Gasteiger partial charge < -0.3 is 10.1 Å². The molecule has 0 aromatic heterocycles. The number of carbonyl (C=O) groups is 1. The average molecular weight is 300 g/mol. The van der Waals surface area contributed by atoms with Crippen LogP contribution >= 0.6 is 11.6 Å². The van der Waals surface area contributed by atoms with Gasteiger partial charge in [-0.25, -0.2) is 0 Å². The summed E-state index contributed by atoms with van der Waals surface area (Å²) in [4.78, 5) is 11.2. The van der Waals surface area contributed by atoms with Crippen molar-refractivity contribution >= 4 is 17.9 Å². The quantitative estimate of drug-likeness (QED) is 0.874. The lowest BCUT2D eigenvalue weighted by atomic mass is 9.75. The predicted octanol–water partition coefficient (Wildman–Crippen LogP) is 3.77. The van der Waals surface area contributed by atoms with Gasteiger partial charge in [0.15, 0.2) is 0 Å². The van der Waals surface area contributed by atoms with Crippen LogP contribution in [0.25, 0.3) is 0 Å². The molecule has 1 saturated heterocycles. The SMILES string of the molecule is O=CC1CC(c2ccccc2)C(c2cccc(Cl)c2)CN1. The lowest BCUT2D eigenvalue weighted by Gasteiger charge is -2.36. The van der Waals surface area contributed by atoms with E-state index in [0.29, 0.717) is 11.8 Å². The lowest BCUT2D eigenvalue weighted by molar-refractivity contribution is -0.110. The minimum Gasteiger partial charge on any atom is -0.307 e. The van der Waals surface area contributed by atoms with Gasteiger partial charge in [-0.2, -0.15) is 0 Å². The molecule has 3 atom stereocenters. The molecule has 3 rings (SSSR count). The number of hydrogen-bond donors (Lipinski definition) is 1. The summed E-state index contributed by atoms with van der Waals surface area (Å²) in [6.45, 7) is 0.795. The highest BCUT2D eigenvalue weighted by Crippen LogP contribution is 2.39. The van der Waals surface area contributed by atoms with E-state index in [1.54, 1.807) is 0 Å². The topological polar surface area (TPSA) is 29.1 Å². The van der Waals surface area contributed by atoms with E-state index in [1.165, 1.54) is 11.1 Å². The Morgan fingerprint density at radius 1 is 1.00 bits per heavy atom. The van der Waals surface area contributed by atoms with Crippen LogP contribution < -0.4 is 5.32 Å². The van der Waals surface area contributed by atoms with Gasteiger partial charge in [-0.1, -0.05) is 54.1 Å². The summed E-state index contributed by atoms with van der Waals surface area (Å²) in [7, 11) is 0. The van der Waals surface area contributed by atoms with Crippen LogP contribution in [0.4, 0.5) is 0 Å². The van der Waals surface area contributed by atoms with Crippen molar-refractivity contribution in [2.45, 2.75) is 24.3 Å². The van der Waals surface area contributed by atoms with E-state index >= 15 is 0 Å². The molecule has 0 saturated carbocycles. The van der Waals surface area contributed by atoms with Crippen LogP contribution in [0, 0.1) is 0 Å². The third-order valence-electron chi connectivity index (χ3n) is 4.26. The first-order valence-electron chi connectivity index (χ1n) is 7.27. The largest absolute Gasteiger partial charge is 0.307 e. The van der Waals surface area contributed by atoms with Crippen LogP contribution in [0.2, 0.25) is 5.02 Å². The molecule has 21 heavy (non-hydrogen) atoms. The fourth-order valence-electron chi connectivity index (χ4n) is 3.20. The summed E-state index contributed by atoms with van der Waals surface area (Å²) in [5, 5.41) is 4.09. The molecule has 3 unspecified atom stereocenters. The van der Waals surface area contributed by atoms with Crippen LogP contribution in [0.1, 0.15) is 29.4 Å². The van der Waals surface area contributed by atoms with Gasteiger partial charge in [0.1, 0.15) is 6.29 Å². The Kier molecular flexibility index (Phi) is 4.37. The van der Waals surface area contributed by atoms with Gasteiger partial charge in [0.25, 0.3) is 0 Å². The zero-order valence-electron chi connectivity index (χ0n) is 11.7. The van der Waals surface area contributed by atoms with Crippen LogP contribution in [-0.2, 0) is 4.79 Å². The second-order valence-electron chi connectivity index (χ2n) is 5.57. The first-order chi connectivity index (χ1) is 10.3. The van der Waals surface area contributed by atoms with Gasteiger partial charge in [0.2, 0.25) is 0 Å². The van der Waals surface area contributed by atoms with Crippen molar-refractivity contribution in [3.63, 3.8) is 0 Å². The molecule has 1 aliphatic heterocycles. The van der Waals surface area contributed by atoms with Crippen molar-refractivity contribution in [1.82, 2.24) is 5.32 Å². The highest BCUT2D eigenvalue weighted by molar-refractivity contribution is 6.30. The van der Waals surface area contributed by atoms with E-state index < -0.39 is 0 Å². The second kappa shape index (κ2) is 6.42. The van der Waals surface area contributed by atoms with E-state index in [9.17, 15) is 4.79 Å². The van der Waals surface area contributed by atoms with Gasteiger partial charge in [-0.05, 0) is 35.6 Å². The Labute approximate surface area is 130 Å². The molecule has 2 nitrogen and oxygen atoms in total. The molecule has 1 aliphatic rings. The first kappa shape index (κ1) is 14.3. The lowest BCUT2D eigenvalue weighted by Crippen LogP contribution is -2.42. The number of halogens is 1. The molecule has 1 N–H and O–H groups in total. The molecule has 1 fully saturated rings. The van der Waals surface area contributed by atoms with Crippen molar-refractivity contribution in [1.29, 1.82) is 0 Å². The third kappa shape index (κ3) is 3.17. The monoisotopic (exact) mass is 299 g/mol. The minimum atomic E-state index is -0.0642. The Bertz CT molecular complexity index is 614. The molecule has 3 heteroatoms. The molecule has 0 spiro atoms. The number of carbonyl (C=O) groups excluding carboxylic acids is 1.